The summed E-state index contributed by atoms with van der Waals surface area (Å²) in [4.78, 5) is 19.4. The molecule has 2 heterocycles. The number of amides is 1. The van der Waals surface area contributed by atoms with E-state index in [0.29, 0.717) is 49.0 Å². The molecule has 1 unspecified atom stereocenters. The van der Waals surface area contributed by atoms with Crippen molar-refractivity contribution in [3.63, 3.8) is 0 Å². The van der Waals surface area contributed by atoms with Gasteiger partial charge < -0.3 is 14.2 Å². The van der Waals surface area contributed by atoms with Gasteiger partial charge in [-0.3, -0.25) is 4.79 Å². The van der Waals surface area contributed by atoms with E-state index in [2.05, 4.69) is 14.9 Å². The Morgan fingerprint density at radius 2 is 2.23 bits per heavy atom. The predicted octanol–water partition coefficient (Wildman–Crippen LogP) is 1.50. The molecule has 1 aromatic heterocycles. The smallest absolute Gasteiger partial charge is 0.254 e. The number of aryl methyl sites for hydroxylation is 1. The molecule has 1 aliphatic carbocycles. The standard InChI is InChI=1S/C20H26N4O5S/c1-4-30(26,27)23-16-9-15-11-24(18(25)14-6-5-7-17(8-14)28-3)12-20(15,10-16)19-21-13(2)22-29-19/h5-8,15-16,23H,4,9-12H2,1-3H3/t15?,16-,20+/m1/s1. The van der Waals surface area contributed by atoms with Crippen LogP contribution in [0.1, 0.15) is 41.8 Å². The number of hydrogen-bond acceptors (Lipinski definition) is 7. The molecule has 1 N–H and O–H groups in total. The third-order valence-electron chi connectivity index (χ3n) is 6.16. The van der Waals surface area contributed by atoms with E-state index in [4.69, 9.17) is 9.26 Å². The minimum atomic E-state index is -3.33. The molecule has 4 rings (SSSR count). The topological polar surface area (TPSA) is 115 Å². The molecule has 0 bridgehead atoms. The van der Waals surface area contributed by atoms with Crippen molar-refractivity contribution in [1.82, 2.24) is 19.8 Å². The van der Waals surface area contributed by atoms with Crippen LogP contribution in [0.25, 0.3) is 0 Å². The molecule has 2 aliphatic rings. The summed E-state index contributed by atoms with van der Waals surface area (Å²) in [6.07, 6.45) is 1.13. The Hall–Kier alpha value is -2.46. The molecule has 2 fully saturated rings. The van der Waals surface area contributed by atoms with E-state index < -0.39 is 15.4 Å². The quantitative estimate of drug-likeness (QED) is 0.733. The maximum atomic E-state index is 13.2. The molecule has 1 saturated carbocycles. The number of ether oxygens (including phenoxy) is 1. The fraction of sp³-hybridized carbons (Fsp3) is 0.550. The fourth-order valence-corrected chi connectivity index (χ4v) is 5.58. The van der Waals surface area contributed by atoms with Crippen molar-refractivity contribution in [2.75, 3.05) is 26.0 Å². The first kappa shape index (κ1) is 20.8. The first-order valence-electron chi connectivity index (χ1n) is 10.0. The summed E-state index contributed by atoms with van der Waals surface area (Å²) in [6, 6.07) is 6.85. The van der Waals surface area contributed by atoms with Gasteiger partial charge in [-0.25, -0.2) is 13.1 Å². The summed E-state index contributed by atoms with van der Waals surface area (Å²) >= 11 is 0. The normalized spacial score (nSPS) is 26.0. The van der Waals surface area contributed by atoms with E-state index in [-0.39, 0.29) is 23.6 Å². The summed E-state index contributed by atoms with van der Waals surface area (Å²) in [6.45, 7) is 4.27. The van der Waals surface area contributed by atoms with E-state index in [9.17, 15) is 13.2 Å². The van der Waals surface area contributed by atoms with Crippen LogP contribution in [0.4, 0.5) is 0 Å². The maximum absolute atomic E-state index is 13.2. The van der Waals surface area contributed by atoms with Crippen molar-refractivity contribution < 1.29 is 22.5 Å². The van der Waals surface area contributed by atoms with Gasteiger partial charge in [0.05, 0.1) is 18.3 Å². The van der Waals surface area contributed by atoms with E-state index in [1.807, 2.05) is 0 Å². The van der Waals surface area contributed by atoms with E-state index in [1.54, 1.807) is 50.1 Å². The van der Waals surface area contributed by atoms with Gasteiger partial charge in [-0.05, 0) is 50.8 Å². The van der Waals surface area contributed by atoms with Crippen LogP contribution in [0, 0.1) is 12.8 Å². The summed E-state index contributed by atoms with van der Waals surface area (Å²) in [5.41, 5.74) is -0.00843. The highest BCUT2D eigenvalue weighted by molar-refractivity contribution is 7.89. The Morgan fingerprint density at radius 1 is 1.43 bits per heavy atom. The lowest BCUT2D eigenvalue weighted by atomic mass is 9.80. The molecular weight excluding hydrogens is 408 g/mol. The molecule has 1 saturated heterocycles. The van der Waals surface area contributed by atoms with Gasteiger partial charge in [0.2, 0.25) is 15.9 Å². The molecule has 1 aromatic carbocycles. The van der Waals surface area contributed by atoms with E-state index in [0.717, 1.165) is 0 Å². The molecule has 162 valence electrons. The first-order chi connectivity index (χ1) is 14.3. The van der Waals surface area contributed by atoms with Crippen LogP contribution in [0.3, 0.4) is 0 Å². The highest BCUT2D eigenvalue weighted by atomic mass is 32.2. The lowest BCUT2D eigenvalue weighted by Gasteiger charge is -2.25. The molecule has 0 radical (unpaired) electrons. The number of carbonyl (C=O) groups excluding carboxylic acids is 1. The lowest BCUT2D eigenvalue weighted by Crippen LogP contribution is -2.39. The number of sulfonamides is 1. The van der Waals surface area contributed by atoms with Crippen molar-refractivity contribution in [2.24, 2.45) is 5.92 Å². The second-order valence-electron chi connectivity index (χ2n) is 8.08. The number of rotatable bonds is 6. The SMILES string of the molecule is CCS(=O)(=O)N[C@@H]1CC2CN(C(=O)c3cccc(OC)c3)C[C@@]2(c2nc(C)no2)C1. The number of carbonyl (C=O) groups is 1. The van der Waals surface area contributed by atoms with E-state index >= 15 is 0 Å². The number of hydrogen-bond donors (Lipinski definition) is 1. The van der Waals surface area contributed by atoms with Crippen molar-refractivity contribution in [1.29, 1.82) is 0 Å². The Bertz CT molecular complexity index is 1050. The van der Waals surface area contributed by atoms with Crippen LogP contribution in [0.5, 0.6) is 5.75 Å². The molecule has 3 atom stereocenters. The Balaban J connectivity index is 1.61. The Kier molecular flexibility index (Phi) is 5.31. The zero-order valence-electron chi connectivity index (χ0n) is 17.3. The molecular formula is C20H26N4O5S. The second-order valence-corrected chi connectivity index (χ2v) is 10.1. The lowest BCUT2D eigenvalue weighted by molar-refractivity contribution is 0.0773. The number of likely N-dealkylation sites (tertiary alicyclic amines) is 1. The van der Waals surface area contributed by atoms with Crippen molar-refractivity contribution >= 4 is 15.9 Å². The Morgan fingerprint density at radius 3 is 2.90 bits per heavy atom. The van der Waals surface area contributed by atoms with Gasteiger partial charge in [0.25, 0.3) is 5.91 Å². The number of methoxy groups -OCH3 is 1. The maximum Gasteiger partial charge on any atom is 0.254 e. The minimum absolute atomic E-state index is 0.0245. The molecule has 2 aromatic rings. The zero-order chi connectivity index (χ0) is 21.5. The van der Waals surface area contributed by atoms with Crippen LogP contribution < -0.4 is 9.46 Å². The predicted molar refractivity (Wildman–Crippen MR) is 109 cm³/mol. The van der Waals surface area contributed by atoms with Gasteiger partial charge in [-0.15, -0.1) is 0 Å². The van der Waals surface area contributed by atoms with Crippen LogP contribution in [-0.4, -0.2) is 61.4 Å². The van der Waals surface area contributed by atoms with Gasteiger partial charge in [-0.1, -0.05) is 11.2 Å². The Labute approximate surface area is 175 Å². The van der Waals surface area contributed by atoms with Gasteiger partial charge >= 0.3 is 0 Å². The number of benzene rings is 1. The molecule has 9 nitrogen and oxygen atoms in total. The minimum Gasteiger partial charge on any atom is -0.497 e. The van der Waals surface area contributed by atoms with Crippen LogP contribution >= 0.6 is 0 Å². The highest BCUT2D eigenvalue weighted by Gasteiger charge is 2.58. The van der Waals surface area contributed by atoms with Crippen molar-refractivity contribution in [2.45, 2.75) is 38.1 Å². The van der Waals surface area contributed by atoms with Crippen molar-refractivity contribution in [3.8, 4) is 5.75 Å². The average molecular weight is 435 g/mol. The monoisotopic (exact) mass is 434 g/mol. The van der Waals surface area contributed by atoms with E-state index in [1.165, 1.54) is 0 Å². The average Bonchev–Trinajstić information content (AvgIpc) is 3.39. The molecule has 0 spiro atoms. The summed E-state index contributed by atoms with van der Waals surface area (Å²) in [5.74, 6) is 1.58. The van der Waals surface area contributed by atoms with Crippen molar-refractivity contribution in [3.05, 3.63) is 41.5 Å². The van der Waals surface area contributed by atoms with Crippen LogP contribution in [0.15, 0.2) is 28.8 Å². The summed E-state index contributed by atoms with van der Waals surface area (Å²) in [7, 11) is -1.77. The van der Waals surface area contributed by atoms with Gasteiger partial charge in [0.1, 0.15) is 5.75 Å². The third kappa shape index (κ3) is 3.69. The molecule has 10 heteroatoms. The van der Waals surface area contributed by atoms with Gasteiger partial charge in [0, 0.05) is 24.7 Å². The van der Waals surface area contributed by atoms with Gasteiger partial charge in [0.15, 0.2) is 5.82 Å². The van der Waals surface area contributed by atoms with Crippen LogP contribution in [0.2, 0.25) is 0 Å². The zero-order valence-corrected chi connectivity index (χ0v) is 18.1. The third-order valence-corrected chi connectivity index (χ3v) is 7.61. The molecule has 1 amide bonds. The van der Waals surface area contributed by atoms with Crippen LogP contribution in [-0.2, 0) is 15.4 Å². The number of aromatic nitrogens is 2. The summed E-state index contributed by atoms with van der Waals surface area (Å²) < 4.78 is 37.8. The highest BCUT2D eigenvalue weighted by Crippen LogP contribution is 2.50. The number of nitrogens with zero attached hydrogens (tertiary/aromatic N) is 3. The summed E-state index contributed by atoms with van der Waals surface area (Å²) in [5, 5.41) is 3.94. The first-order valence-corrected chi connectivity index (χ1v) is 11.7. The molecule has 30 heavy (non-hydrogen) atoms. The number of nitrogens with one attached hydrogen (secondary N) is 1. The van der Waals surface area contributed by atoms with Gasteiger partial charge in [-0.2, -0.15) is 4.98 Å². The molecule has 1 aliphatic heterocycles. The largest absolute Gasteiger partial charge is 0.497 e. The number of fused-ring (bicyclic) bond motifs is 1. The fourth-order valence-electron chi connectivity index (χ4n) is 4.72. The second kappa shape index (κ2) is 7.66.